The van der Waals surface area contributed by atoms with Crippen LogP contribution in [0.5, 0.6) is 0 Å². The molecule has 0 aliphatic carbocycles. The molecule has 0 atom stereocenters. The van der Waals surface area contributed by atoms with E-state index >= 15 is 0 Å². The number of rotatable bonds is 3. The Hall–Kier alpha value is -2.64. The maximum atomic E-state index is 11.9. The molecular weight excluding hydrogens is 250 g/mol. The van der Waals surface area contributed by atoms with Crippen molar-refractivity contribution >= 4 is 5.91 Å². The molecule has 100 valence electrons. The van der Waals surface area contributed by atoms with Crippen molar-refractivity contribution in [2.45, 2.75) is 6.54 Å². The zero-order valence-electron chi connectivity index (χ0n) is 11.0. The standard InChI is InChI=1S/C16H15N3O/c17-10-5-8-13-6-1-2-7-14(13)12-19-16(20)15-9-3-4-11-18-15/h1-4,6-7,9,11H,10,12,17H2,(H,19,20). The minimum absolute atomic E-state index is 0.202. The van der Waals surface area contributed by atoms with Gasteiger partial charge in [-0.3, -0.25) is 9.78 Å². The molecule has 0 aliphatic heterocycles. The van der Waals surface area contributed by atoms with Gasteiger partial charge in [-0.1, -0.05) is 36.1 Å². The fourth-order valence-electron chi connectivity index (χ4n) is 1.71. The molecule has 0 saturated carbocycles. The molecule has 1 aromatic heterocycles. The zero-order valence-corrected chi connectivity index (χ0v) is 11.0. The van der Waals surface area contributed by atoms with Crippen LogP contribution < -0.4 is 11.1 Å². The largest absolute Gasteiger partial charge is 0.347 e. The smallest absolute Gasteiger partial charge is 0.270 e. The second kappa shape index (κ2) is 7.07. The van der Waals surface area contributed by atoms with Crippen LogP contribution in [0, 0.1) is 11.8 Å². The molecule has 0 spiro atoms. The highest BCUT2D eigenvalue weighted by Gasteiger charge is 2.06. The maximum absolute atomic E-state index is 11.9. The molecule has 20 heavy (non-hydrogen) atoms. The monoisotopic (exact) mass is 265 g/mol. The molecule has 4 heteroatoms. The summed E-state index contributed by atoms with van der Waals surface area (Å²) in [4.78, 5) is 15.9. The Morgan fingerprint density at radius 3 is 2.75 bits per heavy atom. The number of aromatic nitrogens is 1. The molecule has 0 bridgehead atoms. The molecule has 0 saturated heterocycles. The highest BCUT2D eigenvalue weighted by atomic mass is 16.1. The Morgan fingerprint density at radius 2 is 2.00 bits per heavy atom. The van der Waals surface area contributed by atoms with E-state index < -0.39 is 0 Å². The lowest BCUT2D eigenvalue weighted by atomic mass is 10.1. The predicted octanol–water partition coefficient (Wildman–Crippen LogP) is 1.32. The molecule has 2 aromatic rings. The number of carbonyl (C=O) groups excluding carboxylic acids is 1. The van der Waals surface area contributed by atoms with Gasteiger partial charge in [-0.05, 0) is 23.8 Å². The van der Waals surface area contributed by atoms with Gasteiger partial charge in [0.05, 0.1) is 6.54 Å². The number of nitrogens with two attached hydrogens (primary N) is 1. The summed E-state index contributed by atoms with van der Waals surface area (Å²) < 4.78 is 0. The summed E-state index contributed by atoms with van der Waals surface area (Å²) in [7, 11) is 0. The van der Waals surface area contributed by atoms with E-state index in [1.807, 2.05) is 24.3 Å². The van der Waals surface area contributed by atoms with E-state index in [9.17, 15) is 4.79 Å². The van der Waals surface area contributed by atoms with E-state index in [0.717, 1.165) is 11.1 Å². The fraction of sp³-hybridized carbons (Fsp3) is 0.125. The van der Waals surface area contributed by atoms with Crippen LogP contribution in [0.4, 0.5) is 0 Å². The van der Waals surface area contributed by atoms with E-state index in [1.54, 1.807) is 24.4 Å². The van der Waals surface area contributed by atoms with Gasteiger partial charge >= 0.3 is 0 Å². The van der Waals surface area contributed by atoms with Crippen LogP contribution in [0.25, 0.3) is 0 Å². The van der Waals surface area contributed by atoms with Crippen molar-refractivity contribution in [3.63, 3.8) is 0 Å². The van der Waals surface area contributed by atoms with Crippen LogP contribution >= 0.6 is 0 Å². The van der Waals surface area contributed by atoms with Crippen molar-refractivity contribution in [3.05, 3.63) is 65.5 Å². The third kappa shape index (κ3) is 3.67. The second-order valence-corrected chi connectivity index (χ2v) is 4.06. The Balaban J connectivity index is 2.06. The predicted molar refractivity (Wildman–Crippen MR) is 77.8 cm³/mol. The number of benzene rings is 1. The molecule has 0 unspecified atom stereocenters. The minimum atomic E-state index is -0.202. The molecule has 1 aromatic carbocycles. The first-order valence-electron chi connectivity index (χ1n) is 6.27. The van der Waals surface area contributed by atoms with Crippen LogP contribution in [0.1, 0.15) is 21.6 Å². The van der Waals surface area contributed by atoms with Crippen LogP contribution in [-0.4, -0.2) is 17.4 Å². The van der Waals surface area contributed by atoms with E-state index in [0.29, 0.717) is 18.8 Å². The average molecular weight is 265 g/mol. The van der Waals surface area contributed by atoms with Crippen LogP contribution in [-0.2, 0) is 6.54 Å². The lowest BCUT2D eigenvalue weighted by molar-refractivity contribution is 0.0946. The first-order valence-corrected chi connectivity index (χ1v) is 6.27. The quantitative estimate of drug-likeness (QED) is 0.822. The minimum Gasteiger partial charge on any atom is -0.347 e. The summed E-state index contributed by atoms with van der Waals surface area (Å²) in [5.41, 5.74) is 7.60. The van der Waals surface area contributed by atoms with E-state index in [-0.39, 0.29) is 5.91 Å². The molecule has 2 rings (SSSR count). The van der Waals surface area contributed by atoms with Gasteiger partial charge in [-0.15, -0.1) is 0 Å². The first kappa shape index (κ1) is 13.8. The van der Waals surface area contributed by atoms with Crippen LogP contribution in [0.3, 0.4) is 0 Å². The van der Waals surface area contributed by atoms with Crippen molar-refractivity contribution in [3.8, 4) is 11.8 Å². The van der Waals surface area contributed by atoms with Gasteiger partial charge in [-0.25, -0.2) is 0 Å². The van der Waals surface area contributed by atoms with Gasteiger partial charge in [-0.2, -0.15) is 0 Å². The molecular formula is C16H15N3O. The van der Waals surface area contributed by atoms with Gasteiger partial charge in [0.25, 0.3) is 5.91 Å². The second-order valence-electron chi connectivity index (χ2n) is 4.06. The molecule has 0 aliphatic rings. The number of hydrogen-bond donors (Lipinski definition) is 2. The van der Waals surface area contributed by atoms with Gasteiger partial charge in [0.1, 0.15) is 5.69 Å². The van der Waals surface area contributed by atoms with Crippen molar-refractivity contribution in [1.82, 2.24) is 10.3 Å². The number of amides is 1. The van der Waals surface area contributed by atoms with E-state index in [1.165, 1.54) is 0 Å². The van der Waals surface area contributed by atoms with Crippen molar-refractivity contribution in [2.24, 2.45) is 5.73 Å². The Morgan fingerprint density at radius 1 is 1.20 bits per heavy atom. The molecule has 1 amide bonds. The summed E-state index contributed by atoms with van der Waals surface area (Å²) >= 11 is 0. The van der Waals surface area contributed by atoms with Gasteiger partial charge < -0.3 is 11.1 Å². The third-order valence-electron chi connectivity index (χ3n) is 2.68. The number of nitrogens with zero attached hydrogens (tertiary/aromatic N) is 1. The fourth-order valence-corrected chi connectivity index (χ4v) is 1.71. The van der Waals surface area contributed by atoms with E-state index in [4.69, 9.17) is 5.73 Å². The Bertz CT molecular complexity index is 642. The van der Waals surface area contributed by atoms with Crippen molar-refractivity contribution in [1.29, 1.82) is 0 Å². The van der Waals surface area contributed by atoms with Crippen LogP contribution in [0.2, 0.25) is 0 Å². The molecule has 0 fully saturated rings. The summed E-state index contributed by atoms with van der Waals surface area (Å²) in [6.45, 7) is 0.722. The maximum Gasteiger partial charge on any atom is 0.270 e. The van der Waals surface area contributed by atoms with Crippen molar-refractivity contribution in [2.75, 3.05) is 6.54 Å². The lowest BCUT2D eigenvalue weighted by Gasteiger charge is -2.06. The average Bonchev–Trinajstić information content (AvgIpc) is 2.52. The molecule has 4 nitrogen and oxygen atoms in total. The van der Waals surface area contributed by atoms with Gasteiger partial charge in [0.2, 0.25) is 0 Å². The summed E-state index contributed by atoms with van der Waals surface area (Å²) in [5.74, 6) is 5.61. The Kier molecular flexibility index (Phi) is 4.87. The topological polar surface area (TPSA) is 68.0 Å². The zero-order chi connectivity index (χ0) is 14.2. The number of nitrogens with one attached hydrogen (secondary N) is 1. The Labute approximate surface area is 118 Å². The summed E-state index contributed by atoms with van der Waals surface area (Å²) in [6, 6.07) is 12.9. The molecule has 1 heterocycles. The molecule has 3 N–H and O–H groups in total. The highest BCUT2D eigenvalue weighted by Crippen LogP contribution is 2.07. The normalized spacial score (nSPS) is 9.45. The SMILES string of the molecule is NCC#Cc1ccccc1CNC(=O)c1ccccn1. The van der Waals surface area contributed by atoms with E-state index in [2.05, 4.69) is 22.1 Å². The lowest BCUT2D eigenvalue weighted by Crippen LogP contribution is -2.24. The first-order chi connectivity index (χ1) is 9.81. The van der Waals surface area contributed by atoms with Crippen LogP contribution in [0.15, 0.2) is 48.7 Å². The number of hydrogen-bond acceptors (Lipinski definition) is 3. The van der Waals surface area contributed by atoms with Gasteiger partial charge in [0, 0.05) is 18.3 Å². The number of carbonyl (C=O) groups is 1. The van der Waals surface area contributed by atoms with Crippen molar-refractivity contribution < 1.29 is 4.79 Å². The number of pyridine rings is 1. The van der Waals surface area contributed by atoms with Gasteiger partial charge in [0.15, 0.2) is 0 Å². The summed E-state index contributed by atoms with van der Waals surface area (Å²) in [6.07, 6.45) is 1.59. The summed E-state index contributed by atoms with van der Waals surface area (Å²) in [5, 5.41) is 2.83. The highest BCUT2D eigenvalue weighted by molar-refractivity contribution is 5.92. The third-order valence-corrected chi connectivity index (χ3v) is 2.68. The molecule has 0 radical (unpaired) electrons.